The Morgan fingerprint density at radius 3 is 2.36 bits per heavy atom. The number of carbonyl (C=O) groups is 4. The van der Waals surface area contributed by atoms with Crippen LogP contribution in [-0.4, -0.2) is 114 Å². The molecule has 0 spiro atoms. The van der Waals surface area contributed by atoms with Crippen molar-refractivity contribution >= 4 is 34.3 Å². The summed E-state index contributed by atoms with van der Waals surface area (Å²) in [5.74, 6) is -5.40. The Labute approximate surface area is 398 Å². The van der Waals surface area contributed by atoms with E-state index >= 15 is 0 Å². The van der Waals surface area contributed by atoms with Gasteiger partial charge in [0.2, 0.25) is 5.79 Å². The number of fused-ring (bicyclic) bond motifs is 4. The van der Waals surface area contributed by atoms with Gasteiger partial charge in [-0.2, -0.15) is 0 Å². The summed E-state index contributed by atoms with van der Waals surface area (Å²) in [6, 6.07) is 7.17. The second-order valence-electron chi connectivity index (χ2n) is 20.1. The molecule has 13 nitrogen and oxygen atoms in total. The minimum atomic E-state index is -2.47. The lowest BCUT2D eigenvalue weighted by Crippen LogP contribution is -2.64. The van der Waals surface area contributed by atoms with E-state index in [1.807, 2.05) is 39.8 Å². The number of hydrogen-bond acceptors (Lipinski definition) is 11. The number of nitrogens with zero attached hydrogens (tertiary/aromatic N) is 2. The molecule has 370 valence electrons. The predicted octanol–water partition coefficient (Wildman–Crippen LogP) is 8.73. The molecule has 3 aliphatic heterocycles. The van der Waals surface area contributed by atoms with E-state index < -0.39 is 59.8 Å². The Bertz CT molecular complexity index is 2110. The van der Waals surface area contributed by atoms with Crippen molar-refractivity contribution in [1.29, 1.82) is 0 Å². The van der Waals surface area contributed by atoms with Crippen LogP contribution in [-0.2, 0) is 49.4 Å². The molecule has 4 heterocycles. The van der Waals surface area contributed by atoms with E-state index in [2.05, 4.69) is 54.6 Å². The van der Waals surface area contributed by atoms with Gasteiger partial charge in [-0.1, -0.05) is 51.5 Å². The molecule has 1 amide bonds. The molecule has 1 aromatic carbocycles. The van der Waals surface area contributed by atoms with Gasteiger partial charge in [-0.25, -0.2) is 4.79 Å². The standard InChI is InChI=1S/C54H78N2O11/c1-11-23-55-25-22-40-32-41(18-19-42(40)55)65-45-21-17-38(31-46(45)62-8)29-36(6)49-35(5)16-20-44(57)39(12-2)27-33(3)26-34(4)28-47(63-9)50-48(64-10)30-37(7)54(61,67-50)51(58)52(59)56-24-14-13-15-43(56)53(60)66-49/h11,18-19,22,25,27,29,32,34-35,37-39,43,45-50,61H,1,12-17,20-21,23-24,26,28,30-31H2,2-10H3. The molecule has 6 rings (SSSR count). The van der Waals surface area contributed by atoms with Crippen molar-refractivity contribution in [3.05, 3.63) is 66.4 Å². The van der Waals surface area contributed by atoms with Crippen molar-refractivity contribution in [1.82, 2.24) is 9.47 Å². The van der Waals surface area contributed by atoms with Gasteiger partial charge in [-0.05, 0) is 132 Å². The molecule has 13 heteroatoms. The smallest absolute Gasteiger partial charge is 0.329 e. The lowest BCUT2D eigenvalue weighted by molar-refractivity contribution is -0.302. The van der Waals surface area contributed by atoms with Crippen LogP contribution in [0.4, 0.5) is 0 Å². The monoisotopic (exact) mass is 931 g/mol. The molecule has 2 aromatic rings. The van der Waals surface area contributed by atoms with Crippen molar-refractivity contribution in [2.24, 2.45) is 29.6 Å². The Morgan fingerprint density at radius 2 is 1.66 bits per heavy atom. The number of aliphatic hydroxyl groups is 1. The highest BCUT2D eigenvalue weighted by atomic mass is 16.7. The van der Waals surface area contributed by atoms with Gasteiger partial charge in [0.05, 0.1) is 18.3 Å². The van der Waals surface area contributed by atoms with Gasteiger partial charge in [0, 0.05) is 69.8 Å². The van der Waals surface area contributed by atoms with Crippen LogP contribution >= 0.6 is 0 Å². The molecule has 13 atom stereocenters. The molecule has 1 aliphatic carbocycles. The molecule has 1 saturated carbocycles. The summed E-state index contributed by atoms with van der Waals surface area (Å²) in [7, 11) is 4.83. The predicted molar refractivity (Wildman–Crippen MR) is 257 cm³/mol. The maximum absolute atomic E-state index is 14.6. The molecule has 2 bridgehead atoms. The summed E-state index contributed by atoms with van der Waals surface area (Å²) in [5.41, 5.74) is 3.05. The number of methoxy groups -OCH3 is 3. The largest absolute Gasteiger partial charge is 0.488 e. The lowest BCUT2D eigenvalue weighted by Gasteiger charge is -2.47. The number of Topliss-reactive ketones (excluding diaryl/α,β-unsaturated/α-hetero) is 2. The zero-order valence-corrected chi connectivity index (χ0v) is 41.6. The maximum Gasteiger partial charge on any atom is 0.329 e. The third-order valence-corrected chi connectivity index (χ3v) is 15.1. The Morgan fingerprint density at radius 1 is 0.925 bits per heavy atom. The van der Waals surface area contributed by atoms with Crippen LogP contribution in [0.5, 0.6) is 5.75 Å². The van der Waals surface area contributed by atoms with Gasteiger partial charge in [0.1, 0.15) is 35.9 Å². The second-order valence-corrected chi connectivity index (χ2v) is 20.1. The summed E-state index contributed by atoms with van der Waals surface area (Å²) in [5, 5.41) is 13.2. The van der Waals surface area contributed by atoms with Crippen LogP contribution in [0.25, 0.3) is 10.9 Å². The second kappa shape index (κ2) is 23.4. The summed E-state index contributed by atoms with van der Waals surface area (Å²) >= 11 is 0. The summed E-state index contributed by atoms with van der Waals surface area (Å²) < 4.78 is 39.4. The molecule has 3 fully saturated rings. The van der Waals surface area contributed by atoms with Crippen LogP contribution in [0.1, 0.15) is 119 Å². The van der Waals surface area contributed by atoms with Gasteiger partial charge < -0.3 is 43.0 Å². The minimum Gasteiger partial charge on any atom is -0.488 e. The highest BCUT2D eigenvalue weighted by Gasteiger charge is 2.56. The average molecular weight is 931 g/mol. The van der Waals surface area contributed by atoms with Crippen LogP contribution in [0.2, 0.25) is 0 Å². The van der Waals surface area contributed by atoms with Crippen molar-refractivity contribution < 1.29 is 52.7 Å². The normalized spacial score (nSPS) is 34.7. The number of carbonyl (C=O) groups excluding carboxylic acids is 4. The Balaban J connectivity index is 1.27. The summed E-state index contributed by atoms with van der Waals surface area (Å²) in [6.45, 7) is 16.6. The van der Waals surface area contributed by atoms with Gasteiger partial charge in [-0.15, -0.1) is 6.58 Å². The van der Waals surface area contributed by atoms with E-state index in [4.69, 9.17) is 28.4 Å². The van der Waals surface area contributed by atoms with E-state index in [1.165, 1.54) is 4.90 Å². The number of benzene rings is 1. The number of aromatic nitrogens is 1. The third-order valence-electron chi connectivity index (χ3n) is 15.1. The van der Waals surface area contributed by atoms with Crippen LogP contribution in [0.3, 0.4) is 0 Å². The summed E-state index contributed by atoms with van der Waals surface area (Å²) in [4.78, 5) is 58.5. The first-order valence-electron chi connectivity index (χ1n) is 24.8. The van der Waals surface area contributed by atoms with Crippen molar-refractivity contribution in [2.75, 3.05) is 27.9 Å². The number of rotatable bonds is 10. The van der Waals surface area contributed by atoms with E-state index in [-0.39, 0.29) is 54.6 Å². The molecule has 1 N–H and O–H groups in total. The van der Waals surface area contributed by atoms with E-state index in [0.29, 0.717) is 57.8 Å². The molecular weight excluding hydrogens is 853 g/mol. The van der Waals surface area contributed by atoms with Gasteiger partial charge in [0.15, 0.2) is 0 Å². The van der Waals surface area contributed by atoms with Gasteiger partial charge in [-0.3, -0.25) is 14.4 Å². The lowest BCUT2D eigenvalue weighted by atomic mass is 9.82. The van der Waals surface area contributed by atoms with Gasteiger partial charge in [0.25, 0.3) is 11.7 Å². The van der Waals surface area contributed by atoms with Crippen LogP contribution in [0, 0.1) is 29.6 Å². The van der Waals surface area contributed by atoms with E-state index in [1.54, 1.807) is 28.3 Å². The fourth-order valence-electron chi connectivity index (χ4n) is 11.2. The number of allylic oxidation sites excluding steroid dienone is 4. The van der Waals surface area contributed by atoms with Crippen molar-refractivity contribution in [2.45, 2.75) is 174 Å². The third kappa shape index (κ3) is 12.2. The molecular formula is C54H78N2O11. The Hall–Kier alpha value is -4.14. The first-order valence-corrected chi connectivity index (χ1v) is 24.8. The molecule has 1 aromatic heterocycles. The molecule has 0 radical (unpaired) electrons. The van der Waals surface area contributed by atoms with Gasteiger partial charge >= 0.3 is 5.97 Å². The fraction of sp³-hybridized carbons (Fsp3) is 0.667. The van der Waals surface area contributed by atoms with E-state index in [9.17, 15) is 24.3 Å². The number of ketones is 2. The van der Waals surface area contributed by atoms with Crippen molar-refractivity contribution in [3.8, 4) is 5.75 Å². The molecule has 2 saturated heterocycles. The topological polar surface area (TPSA) is 152 Å². The zero-order chi connectivity index (χ0) is 48.6. The molecule has 13 unspecified atom stereocenters. The fourth-order valence-corrected chi connectivity index (χ4v) is 11.2. The number of cyclic esters (lactones) is 1. The Kier molecular flexibility index (Phi) is 18.3. The highest BCUT2D eigenvalue weighted by Crippen LogP contribution is 2.40. The summed E-state index contributed by atoms with van der Waals surface area (Å²) in [6.07, 6.45) is 11.9. The highest BCUT2D eigenvalue weighted by molar-refractivity contribution is 6.39. The number of amides is 1. The first kappa shape index (κ1) is 52.2. The average Bonchev–Trinajstić information content (AvgIpc) is 3.72. The maximum atomic E-state index is 14.6. The van der Waals surface area contributed by atoms with Crippen LogP contribution in [0.15, 0.2) is 66.4 Å². The molecule has 67 heavy (non-hydrogen) atoms. The number of ether oxygens (including phenoxy) is 6. The first-order chi connectivity index (χ1) is 32.0. The SMILES string of the molecule is C=CCn1ccc2cc(OC3CCC(C=C(C)C4OC(=O)C5CCCCN5C(=O)C(=O)C5(O)OC(C(OC)CC(C)CC(C)=CC(CC)C(=O)CCC4C)C(OC)CC5C)CC3OC)ccc21. The minimum absolute atomic E-state index is 0.0832. The number of esters is 1. The number of piperidine rings is 1. The van der Waals surface area contributed by atoms with Crippen LogP contribution < -0.4 is 4.74 Å². The number of hydrogen-bond donors (Lipinski definition) is 1. The van der Waals surface area contributed by atoms with E-state index in [0.717, 1.165) is 47.2 Å². The zero-order valence-electron chi connectivity index (χ0n) is 41.6. The van der Waals surface area contributed by atoms with Crippen molar-refractivity contribution in [3.63, 3.8) is 0 Å². The molecule has 4 aliphatic rings. The quantitative estimate of drug-likeness (QED) is 0.138.